The zero-order valence-corrected chi connectivity index (χ0v) is 21.1. The van der Waals surface area contributed by atoms with Gasteiger partial charge >= 0.3 is 0 Å². The number of hydrogen-bond donors (Lipinski definition) is 0. The summed E-state index contributed by atoms with van der Waals surface area (Å²) in [7, 11) is 0. The molecule has 1 aliphatic rings. The molecule has 0 radical (unpaired) electrons. The molecule has 1 heterocycles. The van der Waals surface area contributed by atoms with Crippen LogP contribution in [0.15, 0.2) is 60.7 Å². The Bertz CT molecular complexity index is 1580. The molecule has 0 N–H and O–H groups in total. The van der Waals surface area contributed by atoms with Gasteiger partial charge in [0.2, 0.25) is 0 Å². The summed E-state index contributed by atoms with van der Waals surface area (Å²) >= 11 is 0. The van der Waals surface area contributed by atoms with Crippen LogP contribution < -0.4 is 0 Å². The van der Waals surface area contributed by atoms with Crippen molar-refractivity contribution < 1.29 is 0 Å². The second-order valence-electron chi connectivity index (χ2n) is 12.5. The zero-order chi connectivity index (χ0) is 23.3. The monoisotopic (exact) mass is 433 g/mol. The van der Waals surface area contributed by atoms with Gasteiger partial charge in [0.05, 0.1) is 5.52 Å². The van der Waals surface area contributed by atoms with E-state index in [1.54, 1.807) is 5.56 Å². The molecule has 1 aromatic heterocycles. The maximum atomic E-state index is 2.59. The fraction of sp³-hybridized carbons (Fsp3) is 0.375. The summed E-state index contributed by atoms with van der Waals surface area (Å²) in [4.78, 5) is 0. The molecule has 5 aromatic rings. The van der Waals surface area contributed by atoms with Crippen LogP contribution in [0.4, 0.5) is 0 Å². The lowest BCUT2D eigenvalue weighted by atomic mass is 9.62. The van der Waals surface area contributed by atoms with Crippen molar-refractivity contribution in [3.63, 3.8) is 0 Å². The number of nitrogens with zero attached hydrogens (tertiary/aromatic N) is 1. The fourth-order valence-electron chi connectivity index (χ4n) is 6.56. The predicted molar refractivity (Wildman–Crippen MR) is 145 cm³/mol. The van der Waals surface area contributed by atoms with Gasteiger partial charge in [0.15, 0.2) is 0 Å². The van der Waals surface area contributed by atoms with Crippen molar-refractivity contribution in [3.8, 4) is 0 Å². The molecular formula is C32H35N. The summed E-state index contributed by atoms with van der Waals surface area (Å²) in [6.45, 7) is 16.8. The first-order valence-electron chi connectivity index (χ1n) is 12.4. The first-order valence-corrected chi connectivity index (χ1v) is 12.4. The molecule has 0 amide bonds. The summed E-state index contributed by atoms with van der Waals surface area (Å²) in [5, 5.41) is 8.32. The lowest BCUT2D eigenvalue weighted by Gasteiger charge is -2.42. The van der Waals surface area contributed by atoms with Gasteiger partial charge in [-0.15, -0.1) is 0 Å². The Morgan fingerprint density at radius 3 is 2.03 bits per heavy atom. The Balaban J connectivity index is 1.93. The first-order chi connectivity index (χ1) is 15.5. The first kappa shape index (κ1) is 20.8. The van der Waals surface area contributed by atoms with Gasteiger partial charge in [-0.1, -0.05) is 76.2 Å². The molecule has 0 saturated heterocycles. The van der Waals surface area contributed by atoms with Crippen LogP contribution in [0.5, 0.6) is 0 Å². The molecule has 0 spiro atoms. The standard InChI is InChI=1S/C32H35N/c1-30(2,3)33-25-16-14-22-21-11-9-8-10-20(21)12-13-23(22)27(25)28-26(33)17-15-24-29(28)32(6,7)19-18-31(24,4)5/h8-17H,18-19H2,1-7H3. The highest BCUT2D eigenvalue weighted by molar-refractivity contribution is 6.26. The third kappa shape index (κ3) is 2.78. The van der Waals surface area contributed by atoms with E-state index in [1.807, 2.05) is 0 Å². The van der Waals surface area contributed by atoms with E-state index in [0.29, 0.717) is 0 Å². The van der Waals surface area contributed by atoms with Crippen molar-refractivity contribution in [3.05, 3.63) is 71.8 Å². The Kier molecular flexibility index (Phi) is 4.04. The van der Waals surface area contributed by atoms with E-state index in [4.69, 9.17) is 0 Å². The van der Waals surface area contributed by atoms with Gasteiger partial charge in [-0.2, -0.15) is 0 Å². The molecule has 6 rings (SSSR count). The van der Waals surface area contributed by atoms with Crippen molar-refractivity contribution in [1.29, 1.82) is 0 Å². The maximum Gasteiger partial charge on any atom is 0.0502 e. The van der Waals surface area contributed by atoms with Gasteiger partial charge in [0.25, 0.3) is 0 Å². The minimum Gasteiger partial charge on any atom is -0.335 e. The number of benzene rings is 4. The molecule has 0 saturated carbocycles. The van der Waals surface area contributed by atoms with Gasteiger partial charge < -0.3 is 4.57 Å². The predicted octanol–water partition coefficient (Wildman–Crippen LogP) is 9.20. The van der Waals surface area contributed by atoms with Crippen LogP contribution in [0, 0.1) is 0 Å². The normalized spacial score (nSPS) is 17.8. The molecule has 4 aromatic carbocycles. The minimum atomic E-state index is -0.00686. The fourth-order valence-corrected chi connectivity index (χ4v) is 6.56. The van der Waals surface area contributed by atoms with Crippen molar-refractivity contribution in [2.75, 3.05) is 0 Å². The third-order valence-electron chi connectivity index (χ3n) is 8.27. The lowest BCUT2D eigenvalue weighted by molar-refractivity contribution is 0.334. The summed E-state index contributed by atoms with van der Waals surface area (Å²) in [5.41, 5.74) is 6.19. The van der Waals surface area contributed by atoms with Crippen molar-refractivity contribution in [1.82, 2.24) is 4.57 Å². The van der Waals surface area contributed by atoms with Crippen LogP contribution in [0.25, 0.3) is 43.4 Å². The van der Waals surface area contributed by atoms with Gasteiger partial charge in [-0.25, -0.2) is 0 Å². The molecule has 1 aliphatic carbocycles. The maximum absolute atomic E-state index is 2.59. The number of rotatable bonds is 0. The molecule has 33 heavy (non-hydrogen) atoms. The molecular weight excluding hydrogens is 398 g/mol. The quantitative estimate of drug-likeness (QED) is 0.214. The van der Waals surface area contributed by atoms with Crippen LogP contribution in [-0.2, 0) is 16.4 Å². The Hall–Kier alpha value is -2.80. The van der Waals surface area contributed by atoms with Gasteiger partial charge in [0, 0.05) is 21.8 Å². The van der Waals surface area contributed by atoms with Crippen LogP contribution in [0.1, 0.15) is 72.4 Å². The highest BCUT2D eigenvalue weighted by atomic mass is 15.0. The lowest BCUT2D eigenvalue weighted by Crippen LogP contribution is -2.34. The van der Waals surface area contributed by atoms with Gasteiger partial charge in [-0.05, 0) is 89.2 Å². The molecule has 0 fully saturated rings. The molecule has 1 nitrogen and oxygen atoms in total. The van der Waals surface area contributed by atoms with E-state index in [9.17, 15) is 0 Å². The minimum absolute atomic E-state index is 0.00686. The number of fused-ring (bicyclic) bond motifs is 9. The Morgan fingerprint density at radius 1 is 0.636 bits per heavy atom. The average molecular weight is 434 g/mol. The van der Waals surface area contributed by atoms with Crippen LogP contribution >= 0.6 is 0 Å². The second kappa shape index (κ2) is 6.41. The molecule has 0 atom stereocenters. The summed E-state index contributed by atoms with van der Waals surface area (Å²) in [5.74, 6) is 0. The third-order valence-corrected chi connectivity index (χ3v) is 8.27. The number of aromatic nitrogens is 1. The summed E-state index contributed by atoms with van der Waals surface area (Å²) in [6.07, 6.45) is 2.46. The molecule has 168 valence electrons. The second-order valence-corrected chi connectivity index (χ2v) is 12.5. The SMILES string of the molecule is CC1(C)CCC(C)(C)c2c1ccc1c2c2c3ccc4ccccc4c3ccc2n1C(C)(C)C. The van der Waals surface area contributed by atoms with E-state index in [1.165, 1.54) is 61.8 Å². The average Bonchev–Trinajstić information content (AvgIpc) is 3.11. The zero-order valence-electron chi connectivity index (χ0n) is 21.1. The van der Waals surface area contributed by atoms with E-state index < -0.39 is 0 Å². The summed E-state index contributed by atoms with van der Waals surface area (Å²) < 4.78 is 2.59. The van der Waals surface area contributed by atoms with Crippen molar-refractivity contribution >= 4 is 43.4 Å². The van der Waals surface area contributed by atoms with Gasteiger partial charge in [0.1, 0.15) is 0 Å². The topological polar surface area (TPSA) is 4.93 Å². The van der Waals surface area contributed by atoms with Crippen LogP contribution in [-0.4, -0.2) is 4.57 Å². The van der Waals surface area contributed by atoms with E-state index >= 15 is 0 Å². The highest BCUT2D eigenvalue weighted by Gasteiger charge is 2.39. The molecule has 0 bridgehead atoms. The Labute approximate surface area is 197 Å². The van der Waals surface area contributed by atoms with E-state index in [2.05, 4.69) is 114 Å². The van der Waals surface area contributed by atoms with Crippen molar-refractivity contribution in [2.45, 2.75) is 77.7 Å². The number of hydrogen-bond acceptors (Lipinski definition) is 0. The van der Waals surface area contributed by atoms with E-state index in [-0.39, 0.29) is 16.4 Å². The van der Waals surface area contributed by atoms with Crippen molar-refractivity contribution in [2.24, 2.45) is 0 Å². The summed E-state index contributed by atoms with van der Waals surface area (Å²) in [6, 6.07) is 23.1. The highest BCUT2D eigenvalue weighted by Crippen LogP contribution is 2.52. The van der Waals surface area contributed by atoms with E-state index in [0.717, 1.165) is 0 Å². The smallest absolute Gasteiger partial charge is 0.0502 e. The largest absolute Gasteiger partial charge is 0.335 e. The molecule has 0 aliphatic heterocycles. The van der Waals surface area contributed by atoms with Crippen LogP contribution in [0.2, 0.25) is 0 Å². The van der Waals surface area contributed by atoms with Crippen LogP contribution in [0.3, 0.4) is 0 Å². The van der Waals surface area contributed by atoms with Gasteiger partial charge in [-0.3, -0.25) is 0 Å². The Morgan fingerprint density at radius 2 is 1.27 bits per heavy atom. The molecule has 0 unspecified atom stereocenters. The molecule has 1 heteroatoms.